The van der Waals surface area contributed by atoms with Gasteiger partial charge in [-0.15, -0.1) is 0 Å². The second-order valence-corrected chi connectivity index (χ2v) is 7.71. The van der Waals surface area contributed by atoms with E-state index in [1.807, 2.05) is 0 Å². The minimum Gasteiger partial charge on any atom is -0.343 e. The van der Waals surface area contributed by atoms with E-state index < -0.39 is 0 Å². The van der Waals surface area contributed by atoms with Crippen molar-refractivity contribution in [2.45, 2.75) is 82.6 Å². The minimum absolute atomic E-state index is 0.274. The SMILES string of the molecule is CCCC[C@]12O[C@H]3[C@@H]4C[C@@H]5[C@@H]3O[C@](CCCC)(O1)[C@@H]5[C@@H]42. The molecule has 0 radical (unpaired) electrons. The Morgan fingerprint density at radius 2 is 1.35 bits per heavy atom. The van der Waals surface area contributed by atoms with Gasteiger partial charge in [-0.2, -0.15) is 0 Å². The third kappa shape index (κ3) is 1.17. The van der Waals surface area contributed by atoms with Gasteiger partial charge in [0.1, 0.15) is 0 Å². The summed E-state index contributed by atoms with van der Waals surface area (Å²) in [6.07, 6.45) is 9.06. The Bertz CT molecular complexity index is 396. The monoisotopic (exact) mass is 278 g/mol. The van der Waals surface area contributed by atoms with Crippen molar-refractivity contribution in [3.8, 4) is 0 Å². The molecule has 0 amide bonds. The van der Waals surface area contributed by atoms with Crippen molar-refractivity contribution in [1.82, 2.24) is 0 Å². The molecule has 0 N–H and O–H groups in total. The molecule has 112 valence electrons. The average molecular weight is 278 g/mol. The van der Waals surface area contributed by atoms with Crippen LogP contribution in [0.5, 0.6) is 0 Å². The van der Waals surface area contributed by atoms with Crippen LogP contribution < -0.4 is 0 Å². The number of rotatable bonds is 6. The zero-order chi connectivity index (χ0) is 13.5. The molecule has 3 heterocycles. The molecular formula is C17H26O3. The maximum absolute atomic E-state index is 6.67. The molecule has 3 nitrogen and oxygen atoms in total. The first-order valence-corrected chi connectivity index (χ1v) is 8.80. The number of unbranched alkanes of at least 4 members (excludes halogenated alkanes) is 2. The number of ether oxygens (including phenoxy) is 3. The Kier molecular flexibility index (Phi) is 2.36. The molecule has 8 atom stereocenters. The molecule has 5 rings (SSSR count). The van der Waals surface area contributed by atoms with Crippen molar-refractivity contribution in [1.29, 1.82) is 0 Å². The van der Waals surface area contributed by atoms with E-state index in [9.17, 15) is 0 Å². The fourth-order valence-corrected chi connectivity index (χ4v) is 6.31. The van der Waals surface area contributed by atoms with Gasteiger partial charge < -0.3 is 14.2 Å². The highest BCUT2D eigenvalue weighted by atomic mass is 16.8. The predicted molar refractivity (Wildman–Crippen MR) is 73.9 cm³/mol. The molecule has 2 bridgehead atoms. The first kappa shape index (κ1) is 12.4. The Labute approximate surface area is 121 Å². The van der Waals surface area contributed by atoms with Crippen LogP contribution in [0, 0.1) is 23.7 Å². The number of hydrogen-bond acceptors (Lipinski definition) is 3. The maximum Gasteiger partial charge on any atom is 0.175 e. The zero-order valence-electron chi connectivity index (χ0n) is 12.6. The van der Waals surface area contributed by atoms with Crippen LogP contribution in [0.3, 0.4) is 0 Å². The van der Waals surface area contributed by atoms with Crippen molar-refractivity contribution in [3.05, 3.63) is 0 Å². The summed E-state index contributed by atoms with van der Waals surface area (Å²) in [5, 5.41) is 0. The number of hydrogen-bond donors (Lipinski definition) is 0. The largest absolute Gasteiger partial charge is 0.343 e. The third-order valence-corrected chi connectivity index (χ3v) is 6.81. The van der Waals surface area contributed by atoms with E-state index in [4.69, 9.17) is 14.2 Å². The van der Waals surface area contributed by atoms with E-state index in [0.29, 0.717) is 24.0 Å². The van der Waals surface area contributed by atoms with Gasteiger partial charge in [0, 0.05) is 24.7 Å². The van der Waals surface area contributed by atoms with Gasteiger partial charge in [-0.25, -0.2) is 0 Å². The summed E-state index contributed by atoms with van der Waals surface area (Å²) in [5.74, 6) is 2.20. The van der Waals surface area contributed by atoms with Crippen molar-refractivity contribution < 1.29 is 14.2 Å². The predicted octanol–water partition coefficient (Wildman–Crippen LogP) is 3.47. The quantitative estimate of drug-likeness (QED) is 0.744. The van der Waals surface area contributed by atoms with Crippen molar-refractivity contribution in [2.75, 3.05) is 0 Å². The Morgan fingerprint density at radius 1 is 0.850 bits per heavy atom. The van der Waals surface area contributed by atoms with Gasteiger partial charge in [0.15, 0.2) is 11.6 Å². The smallest absolute Gasteiger partial charge is 0.175 e. The van der Waals surface area contributed by atoms with Crippen molar-refractivity contribution >= 4 is 0 Å². The molecule has 2 saturated carbocycles. The molecule has 5 aliphatic rings. The topological polar surface area (TPSA) is 27.7 Å². The van der Waals surface area contributed by atoms with Crippen LogP contribution in [0.4, 0.5) is 0 Å². The molecule has 0 aromatic heterocycles. The van der Waals surface area contributed by atoms with Gasteiger partial charge in [-0.3, -0.25) is 0 Å². The molecule has 5 fully saturated rings. The summed E-state index contributed by atoms with van der Waals surface area (Å²) in [4.78, 5) is 0. The average Bonchev–Trinajstić information content (AvgIpc) is 3.10. The second kappa shape index (κ2) is 3.80. The Hall–Kier alpha value is -0.120. The molecule has 3 heteroatoms. The fraction of sp³-hybridized carbons (Fsp3) is 1.00. The summed E-state index contributed by atoms with van der Waals surface area (Å²) < 4.78 is 19.7. The van der Waals surface area contributed by atoms with E-state index in [0.717, 1.165) is 24.7 Å². The van der Waals surface area contributed by atoms with E-state index in [1.54, 1.807) is 0 Å². The summed E-state index contributed by atoms with van der Waals surface area (Å²) >= 11 is 0. The lowest BCUT2D eigenvalue weighted by atomic mass is 9.74. The van der Waals surface area contributed by atoms with Gasteiger partial charge in [-0.05, 0) is 31.1 Å². The maximum atomic E-state index is 6.67. The molecule has 0 aromatic rings. The first-order valence-electron chi connectivity index (χ1n) is 8.80. The van der Waals surface area contributed by atoms with Crippen LogP contribution in [0.1, 0.15) is 58.8 Å². The lowest BCUT2D eigenvalue weighted by Gasteiger charge is -2.31. The molecule has 0 unspecified atom stereocenters. The summed E-state index contributed by atoms with van der Waals surface area (Å²) in [6.45, 7) is 4.51. The summed E-state index contributed by atoms with van der Waals surface area (Å²) in [5.41, 5.74) is 0. The normalized spacial score (nSPS) is 60.3. The summed E-state index contributed by atoms with van der Waals surface area (Å²) in [6, 6.07) is 0. The zero-order valence-corrected chi connectivity index (χ0v) is 12.6. The van der Waals surface area contributed by atoms with Crippen LogP contribution in [-0.4, -0.2) is 23.8 Å². The van der Waals surface area contributed by atoms with Gasteiger partial charge in [0.2, 0.25) is 0 Å². The molecular weight excluding hydrogens is 252 g/mol. The Balaban J connectivity index is 1.54. The van der Waals surface area contributed by atoms with Gasteiger partial charge in [-0.1, -0.05) is 26.7 Å². The van der Waals surface area contributed by atoms with Crippen LogP contribution in [0.15, 0.2) is 0 Å². The first-order chi connectivity index (χ1) is 9.75. The van der Waals surface area contributed by atoms with Gasteiger partial charge in [0.25, 0.3) is 0 Å². The third-order valence-electron chi connectivity index (χ3n) is 6.81. The van der Waals surface area contributed by atoms with E-state index >= 15 is 0 Å². The number of fused-ring (bicyclic) bond motifs is 1. The van der Waals surface area contributed by atoms with E-state index in [2.05, 4.69) is 13.8 Å². The highest BCUT2D eigenvalue weighted by Gasteiger charge is 2.84. The molecule has 0 aromatic carbocycles. The van der Waals surface area contributed by atoms with E-state index in [-0.39, 0.29) is 11.6 Å². The fourth-order valence-electron chi connectivity index (χ4n) is 6.31. The molecule has 20 heavy (non-hydrogen) atoms. The van der Waals surface area contributed by atoms with Crippen LogP contribution in [0.25, 0.3) is 0 Å². The highest BCUT2D eigenvalue weighted by Crippen LogP contribution is 2.77. The van der Waals surface area contributed by atoms with Gasteiger partial charge in [0.05, 0.1) is 12.2 Å². The molecule has 2 aliphatic carbocycles. The van der Waals surface area contributed by atoms with Crippen LogP contribution in [-0.2, 0) is 14.2 Å². The minimum atomic E-state index is -0.274. The van der Waals surface area contributed by atoms with Crippen LogP contribution in [0.2, 0.25) is 0 Å². The Morgan fingerprint density at radius 3 is 1.80 bits per heavy atom. The lowest BCUT2D eigenvalue weighted by Crippen LogP contribution is -2.38. The van der Waals surface area contributed by atoms with Crippen molar-refractivity contribution in [2.24, 2.45) is 23.7 Å². The highest BCUT2D eigenvalue weighted by molar-refractivity contribution is 5.25. The standard InChI is InChI=1S/C17H26O3/c1-3-5-7-16-12-10-9-11-13(12)17(20-16,8-6-4-2)19-15(11)14(10)18-16/h10-15H,3-9H2,1-2H3/t10-,11+,12-,13+,14-,15-,16+,17-/m0/s1. The second-order valence-electron chi connectivity index (χ2n) is 7.71. The van der Waals surface area contributed by atoms with Gasteiger partial charge >= 0.3 is 0 Å². The molecule has 3 saturated heterocycles. The molecule has 3 aliphatic heterocycles. The molecule has 0 spiro atoms. The van der Waals surface area contributed by atoms with E-state index in [1.165, 1.54) is 32.1 Å². The lowest BCUT2D eigenvalue weighted by molar-refractivity contribution is -0.292. The van der Waals surface area contributed by atoms with Crippen molar-refractivity contribution in [3.63, 3.8) is 0 Å². The van der Waals surface area contributed by atoms with Crippen LogP contribution >= 0.6 is 0 Å². The summed E-state index contributed by atoms with van der Waals surface area (Å²) in [7, 11) is 0.